The van der Waals surface area contributed by atoms with Crippen molar-refractivity contribution in [3.63, 3.8) is 0 Å². The highest BCUT2D eigenvalue weighted by atomic mass is 16.5. The fourth-order valence-electron chi connectivity index (χ4n) is 2.41. The summed E-state index contributed by atoms with van der Waals surface area (Å²) in [7, 11) is 0. The summed E-state index contributed by atoms with van der Waals surface area (Å²) in [5.74, 6) is 0.560. The molecule has 2 amide bonds. The molecule has 1 aromatic heterocycles. The fraction of sp³-hybridized carbons (Fsp3) is 0.625. The van der Waals surface area contributed by atoms with Crippen molar-refractivity contribution < 1.29 is 14.3 Å². The zero-order chi connectivity index (χ0) is 15.9. The van der Waals surface area contributed by atoms with Gasteiger partial charge in [0.05, 0.1) is 18.2 Å². The molecule has 2 atom stereocenters. The predicted octanol–water partition coefficient (Wildman–Crippen LogP) is 2.24. The van der Waals surface area contributed by atoms with Crippen LogP contribution in [0.5, 0.6) is 5.88 Å². The van der Waals surface area contributed by atoms with Crippen molar-refractivity contribution in [3.05, 3.63) is 23.9 Å². The SMILES string of the molecule is CC(C)Oc1ncccc1CNC(=O)N[C@@H](C)[C@@H]1CCCO1. The highest BCUT2D eigenvalue weighted by molar-refractivity contribution is 5.74. The van der Waals surface area contributed by atoms with Crippen LogP contribution in [0, 0.1) is 0 Å². The standard InChI is InChI=1S/C16H25N3O3/c1-11(2)22-15-13(6-4-8-17-15)10-18-16(20)19-12(3)14-7-5-9-21-14/h4,6,8,11-12,14H,5,7,9-10H2,1-3H3,(H2,18,19,20)/t12-,14-/m0/s1. The molecule has 6 nitrogen and oxygen atoms in total. The summed E-state index contributed by atoms with van der Waals surface area (Å²) in [6, 6.07) is 3.52. The predicted molar refractivity (Wildman–Crippen MR) is 83.8 cm³/mol. The molecule has 122 valence electrons. The van der Waals surface area contributed by atoms with Crippen molar-refractivity contribution in [2.24, 2.45) is 0 Å². The van der Waals surface area contributed by atoms with Crippen LogP contribution >= 0.6 is 0 Å². The Hall–Kier alpha value is -1.82. The molecular weight excluding hydrogens is 282 g/mol. The zero-order valence-electron chi connectivity index (χ0n) is 13.5. The average molecular weight is 307 g/mol. The summed E-state index contributed by atoms with van der Waals surface area (Å²) in [6.45, 7) is 7.01. The summed E-state index contributed by atoms with van der Waals surface area (Å²) in [4.78, 5) is 16.2. The van der Waals surface area contributed by atoms with Gasteiger partial charge in [-0.3, -0.25) is 0 Å². The number of urea groups is 1. The van der Waals surface area contributed by atoms with Gasteiger partial charge in [-0.15, -0.1) is 0 Å². The Morgan fingerprint density at radius 2 is 2.32 bits per heavy atom. The molecule has 1 aromatic rings. The second-order valence-corrected chi connectivity index (χ2v) is 5.80. The van der Waals surface area contributed by atoms with Crippen LogP contribution in [0.1, 0.15) is 39.2 Å². The minimum Gasteiger partial charge on any atom is -0.475 e. The molecule has 0 spiro atoms. The number of hydrogen-bond acceptors (Lipinski definition) is 4. The van der Waals surface area contributed by atoms with Gasteiger partial charge in [0.2, 0.25) is 5.88 Å². The number of aromatic nitrogens is 1. The summed E-state index contributed by atoms with van der Waals surface area (Å²) < 4.78 is 11.2. The van der Waals surface area contributed by atoms with Gasteiger partial charge in [-0.2, -0.15) is 0 Å². The number of carbonyl (C=O) groups excluding carboxylic acids is 1. The molecule has 0 aromatic carbocycles. The van der Waals surface area contributed by atoms with Crippen molar-refractivity contribution in [1.82, 2.24) is 15.6 Å². The molecule has 0 saturated carbocycles. The Labute approximate surface area is 131 Å². The van der Waals surface area contributed by atoms with E-state index in [0.717, 1.165) is 25.0 Å². The monoisotopic (exact) mass is 307 g/mol. The summed E-state index contributed by atoms with van der Waals surface area (Å²) >= 11 is 0. The molecule has 2 N–H and O–H groups in total. The number of nitrogens with one attached hydrogen (secondary N) is 2. The molecule has 1 fully saturated rings. The molecular formula is C16H25N3O3. The summed E-state index contributed by atoms with van der Waals surface area (Å²) in [5, 5.41) is 5.76. The Morgan fingerprint density at radius 1 is 1.50 bits per heavy atom. The van der Waals surface area contributed by atoms with Crippen LogP contribution in [-0.4, -0.2) is 35.9 Å². The highest BCUT2D eigenvalue weighted by Crippen LogP contribution is 2.16. The van der Waals surface area contributed by atoms with E-state index in [1.54, 1.807) is 6.20 Å². The second-order valence-electron chi connectivity index (χ2n) is 5.80. The quantitative estimate of drug-likeness (QED) is 0.845. The molecule has 1 aliphatic heterocycles. The molecule has 22 heavy (non-hydrogen) atoms. The first-order chi connectivity index (χ1) is 10.6. The third kappa shape index (κ3) is 4.87. The number of ether oxygens (including phenoxy) is 2. The van der Waals surface area contributed by atoms with E-state index < -0.39 is 0 Å². The van der Waals surface area contributed by atoms with E-state index in [9.17, 15) is 4.79 Å². The maximum absolute atomic E-state index is 12.0. The average Bonchev–Trinajstić information content (AvgIpc) is 3.00. The minimum atomic E-state index is -0.206. The third-order valence-corrected chi connectivity index (χ3v) is 3.52. The van der Waals surface area contributed by atoms with Crippen LogP contribution in [0.2, 0.25) is 0 Å². The number of nitrogens with zero attached hydrogens (tertiary/aromatic N) is 1. The molecule has 0 aliphatic carbocycles. The van der Waals surface area contributed by atoms with Gasteiger partial charge in [-0.25, -0.2) is 9.78 Å². The Bertz CT molecular complexity index is 487. The lowest BCUT2D eigenvalue weighted by atomic mass is 10.1. The van der Waals surface area contributed by atoms with E-state index in [-0.39, 0.29) is 24.3 Å². The number of pyridine rings is 1. The molecule has 0 radical (unpaired) electrons. The lowest BCUT2D eigenvalue weighted by Crippen LogP contribution is -2.45. The van der Waals surface area contributed by atoms with Gasteiger partial charge in [-0.05, 0) is 39.7 Å². The van der Waals surface area contributed by atoms with Gasteiger partial charge in [-0.1, -0.05) is 6.07 Å². The van der Waals surface area contributed by atoms with Crippen LogP contribution in [0.15, 0.2) is 18.3 Å². The molecule has 6 heteroatoms. The molecule has 1 aliphatic rings. The van der Waals surface area contributed by atoms with E-state index in [1.165, 1.54) is 0 Å². The van der Waals surface area contributed by atoms with Gasteiger partial charge >= 0.3 is 6.03 Å². The normalized spacial score (nSPS) is 19.0. The van der Waals surface area contributed by atoms with E-state index in [2.05, 4.69) is 15.6 Å². The van der Waals surface area contributed by atoms with Crippen molar-refractivity contribution >= 4 is 6.03 Å². The van der Waals surface area contributed by atoms with Crippen LogP contribution in [0.3, 0.4) is 0 Å². The van der Waals surface area contributed by atoms with E-state index in [1.807, 2.05) is 32.9 Å². The van der Waals surface area contributed by atoms with E-state index in [4.69, 9.17) is 9.47 Å². The topological polar surface area (TPSA) is 72.5 Å². The largest absolute Gasteiger partial charge is 0.475 e. The summed E-state index contributed by atoms with van der Waals surface area (Å²) in [6.07, 6.45) is 3.90. The number of carbonyl (C=O) groups is 1. The minimum absolute atomic E-state index is 0.00258. The van der Waals surface area contributed by atoms with Gasteiger partial charge in [0.25, 0.3) is 0 Å². The Morgan fingerprint density at radius 3 is 3.00 bits per heavy atom. The number of amides is 2. The van der Waals surface area contributed by atoms with Crippen LogP contribution in [-0.2, 0) is 11.3 Å². The molecule has 0 unspecified atom stereocenters. The van der Waals surface area contributed by atoms with E-state index in [0.29, 0.717) is 12.4 Å². The van der Waals surface area contributed by atoms with Crippen molar-refractivity contribution in [3.8, 4) is 5.88 Å². The zero-order valence-corrected chi connectivity index (χ0v) is 13.5. The van der Waals surface area contributed by atoms with Gasteiger partial charge < -0.3 is 20.1 Å². The third-order valence-electron chi connectivity index (χ3n) is 3.52. The van der Waals surface area contributed by atoms with E-state index >= 15 is 0 Å². The lowest BCUT2D eigenvalue weighted by molar-refractivity contribution is 0.0860. The van der Waals surface area contributed by atoms with Gasteiger partial charge in [0.15, 0.2) is 0 Å². The first-order valence-corrected chi connectivity index (χ1v) is 7.82. The summed E-state index contributed by atoms with van der Waals surface area (Å²) in [5.41, 5.74) is 0.858. The lowest BCUT2D eigenvalue weighted by Gasteiger charge is -2.20. The maximum atomic E-state index is 12.0. The van der Waals surface area contributed by atoms with Gasteiger partial charge in [0, 0.05) is 24.9 Å². The van der Waals surface area contributed by atoms with Gasteiger partial charge in [0.1, 0.15) is 0 Å². The Balaban J connectivity index is 1.83. The maximum Gasteiger partial charge on any atom is 0.315 e. The smallest absolute Gasteiger partial charge is 0.315 e. The Kier molecular flexibility index (Phi) is 6.00. The number of hydrogen-bond donors (Lipinski definition) is 2. The molecule has 0 bridgehead atoms. The van der Waals surface area contributed by atoms with Crippen molar-refractivity contribution in [1.29, 1.82) is 0 Å². The van der Waals surface area contributed by atoms with Crippen molar-refractivity contribution in [2.45, 2.75) is 58.4 Å². The number of rotatable bonds is 6. The first-order valence-electron chi connectivity index (χ1n) is 7.82. The van der Waals surface area contributed by atoms with Crippen LogP contribution in [0.25, 0.3) is 0 Å². The fourth-order valence-corrected chi connectivity index (χ4v) is 2.41. The van der Waals surface area contributed by atoms with Crippen LogP contribution in [0.4, 0.5) is 4.79 Å². The highest BCUT2D eigenvalue weighted by Gasteiger charge is 2.23. The van der Waals surface area contributed by atoms with Crippen LogP contribution < -0.4 is 15.4 Å². The molecule has 2 rings (SSSR count). The molecule has 1 saturated heterocycles. The second kappa shape index (κ2) is 7.98. The first kappa shape index (κ1) is 16.5. The van der Waals surface area contributed by atoms with Crippen molar-refractivity contribution in [2.75, 3.05) is 6.61 Å². The molecule has 2 heterocycles.